The van der Waals surface area contributed by atoms with Gasteiger partial charge in [0.25, 0.3) is 5.91 Å². The van der Waals surface area contributed by atoms with Crippen LogP contribution in [0.25, 0.3) is 0 Å². The number of benzene rings is 1. The molecule has 20 heavy (non-hydrogen) atoms. The van der Waals surface area contributed by atoms with Gasteiger partial charge in [-0.15, -0.1) is 0 Å². The van der Waals surface area contributed by atoms with E-state index in [4.69, 9.17) is 10.2 Å². The maximum Gasteiger partial charge on any atom is 0.254 e. The summed E-state index contributed by atoms with van der Waals surface area (Å²) in [6, 6.07) is 1.69. The predicted octanol–water partition coefficient (Wildman–Crippen LogP) is 2.05. The molecule has 0 spiro atoms. The summed E-state index contributed by atoms with van der Waals surface area (Å²) in [4.78, 5) is 13.9. The molecule has 1 aliphatic heterocycles. The lowest BCUT2D eigenvalue weighted by molar-refractivity contribution is 0.0723. The molecule has 1 atom stereocenters. The molecule has 1 heterocycles. The Morgan fingerprint density at radius 2 is 2.00 bits per heavy atom. The summed E-state index contributed by atoms with van der Waals surface area (Å²) in [6.45, 7) is 0.597. The van der Waals surface area contributed by atoms with E-state index in [0.29, 0.717) is 19.4 Å². The van der Waals surface area contributed by atoms with E-state index < -0.39 is 23.3 Å². The van der Waals surface area contributed by atoms with E-state index in [2.05, 4.69) is 0 Å². The van der Waals surface area contributed by atoms with E-state index in [1.807, 2.05) is 0 Å². The van der Waals surface area contributed by atoms with E-state index >= 15 is 0 Å². The summed E-state index contributed by atoms with van der Waals surface area (Å²) in [7, 11) is 0. The SMILES string of the molecule is O=C(c1cc(F)c(O)c(F)c1)N1CCC[C@@H]1CCCO. The number of rotatable bonds is 4. The van der Waals surface area contributed by atoms with Crippen LogP contribution in [-0.4, -0.2) is 40.2 Å². The Balaban J connectivity index is 2.18. The largest absolute Gasteiger partial charge is 0.503 e. The first-order valence-corrected chi connectivity index (χ1v) is 6.64. The van der Waals surface area contributed by atoms with Crippen molar-refractivity contribution in [3.63, 3.8) is 0 Å². The molecule has 1 aromatic rings. The van der Waals surface area contributed by atoms with Gasteiger partial charge in [-0.2, -0.15) is 0 Å². The summed E-state index contributed by atoms with van der Waals surface area (Å²) in [5, 5.41) is 17.9. The number of phenols is 1. The molecule has 1 fully saturated rings. The number of hydrogen-bond acceptors (Lipinski definition) is 3. The molecule has 1 amide bonds. The van der Waals surface area contributed by atoms with Gasteiger partial charge >= 0.3 is 0 Å². The molecule has 0 aliphatic carbocycles. The van der Waals surface area contributed by atoms with Crippen molar-refractivity contribution in [3.05, 3.63) is 29.3 Å². The van der Waals surface area contributed by atoms with Crippen LogP contribution in [0.3, 0.4) is 0 Å². The number of likely N-dealkylation sites (tertiary alicyclic amines) is 1. The fraction of sp³-hybridized carbons (Fsp3) is 0.500. The van der Waals surface area contributed by atoms with Crippen LogP contribution >= 0.6 is 0 Å². The fourth-order valence-corrected chi connectivity index (χ4v) is 2.58. The molecule has 1 saturated heterocycles. The quantitative estimate of drug-likeness (QED) is 0.890. The van der Waals surface area contributed by atoms with Crippen molar-refractivity contribution < 1.29 is 23.8 Å². The number of hydrogen-bond donors (Lipinski definition) is 2. The monoisotopic (exact) mass is 285 g/mol. The topological polar surface area (TPSA) is 60.8 Å². The zero-order valence-electron chi connectivity index (χ0n) is 11.0. The molecule has 1 aliphatic rings. The van der Waals surface area contributed by atoms with Crippen molar-refractivity contribution in [3.8, 4) is 5.75 Å². The van der Waals surface area contributed by atoms with E-state index in [9.17, 15) is 13.6 Å². The van der Waals surface area contributed by atoms with Gasteiger partial charge in [0, 0.05) is 24.8 Å². The Hall–Kier alpha value is -1.69. The summed E-state index contributed by atoms with van der Waals surface area (Å²) in [5.41, 5.74) is -0.103. The van der Waals surface area contributed by atoms with Gasteiger partial charge < -0.3 is 15.1 Å². The molecule has 2 N–H and O–H groups in total. The zero-order chi connectivity index (χ0) is 14.7. The number of aliphatic hydroxyl groups is 1. The Bertz CT molecular complexity index is 484. The maximum absolute atomic E-state index is 13.3. The second-order valence-electron chi connectivity index (χ2n) is 4.95. The maximum atomic E-state index is 13.3. The van der Waals surface area contributed by atoms with Gasteiger partial charge in [-0.3, -0.25) is 4.79 Å². The lowest BCUT2D eigenvalue weighted by Crippen LogP contribution is -2.35. The number of phenolic OH excluding ortho intramolecular Hbond substituents is 1. The normalized spacial score (nSPS) is 18.6. The standard InChI is InChI=1S/C14H17F2NO3/c15-11-7-9(8-12(16)13(11)19)14(20)17-5-1-3-10(17)4-2-6-18/h7-8,10,18-19H,1-6H2/t10-/m1/s1. The first kappa shape index (κ1) is 14.7. The number of amides is 1. The van der Waals surface area contributed by atoms with Crippen LogP contribution in [0.2, 0.25) is 0 Å². The van der Waals surface area contributed by atoms with E-state index in [1.165, 1.54) is 0 Å². The van der Waals surface area contributed by atoms with Crippen molar-refractivity contribution in [1.82, 2.24) is 4.90 Å². The third-order valence-electron chi connectivity index (χ3n) is 3.60. The number of aromatic hydroxyl groups is 1. The molecule has 0 unspecified atom stereocenters. The second-order valence-corrected chi connectivity index (χ2v) is 4.95. The number of carbonyl (C=O) groups excluding carboxylic acids is 1. The third-order valence-corrected chi connectivity index (χ3v) is 3.60. The lowest BCUT2D eigenvalue weighted by atomic mass is 10.1. The summed E-state index contributed by atoms with van der Waals surface area (Å²) >= 11 is 0. The van der Waals surface area contributed by atoms with Crippen LogP contribution in [0.4, 0.5) is 8.78 Å². The Labute approximate surface area is 115 Å². The molecule has 6 heteroatoms. The van der Waals surface area contributed by atoms with Crippen molar-refractivity contribution in [2.75, 3.05) is 13.2 Å². The molecular formula is C14H17F2NO3. The number of nitrogens with zero attached hydrogens (tertiary/aromatic N) is 1. The lowest BCUT2D eigenvalue weighted by Gasteiger charge is -2.24. The minimum absolute atomic E-state index is 0.00502. The van der Waals surface area contributed by atoms with E-state index in [1.54, 1.807) is 4.90 Å². The van der Waals surface area contributed by atoms with Gasteiger partial charge in [0.15, 0.2) is 17.4 Å². The number of aliphatic hydroxyl groups excluding tert-OH is 1. The molecule has 0 bridgehead atoms. The number of halogens is 2. The van der Waals surface area contributed by atoms with Crippen LogP contribution in [-0.2, 0) is 0 Å². The van der Waals surface area contributed by atoms with Crippen LogP contribution in [0.15, 0.2) is 12.1 Å². The highest BCUT2D eigenvalue weighted by molar-refractivity contribution is 5.94. The molecule has 4 nitrogen and oxygen atoms in total. The summed E-state index contributed by atoms with van der Waals surface area (Å²) < 4.78 is 26.6. The average Bonchev–Trinajstić information content (AvgIpc) is 2.89. The second kappa shape index (κ2) is 6.17. The minimum atomic E-state index is -1.14. The van der Waals surface area contributed by atoms with Crippen molar-refractivity contribution in [1.29, 1.82) is 0 Å². The van der Waals surface area contributed by atoms with Crippen molar-refractivity contribution in [2.24, 2.45) is 0 Å². The van der Waals surface area contributed by atoms with Gasteiger partial charge in [0.1, 0.15) is 0 Å². The smallest absolute Gasteiger partial charge is 0.254 e. The molecule has 110 valence electrons. The van der Waals surface area contributed by atoms with Crippen LogP contribution < -0.4 is 0 Å². The highest BCUT2D eigenvalue weighted by Gasteiger charge is 2.29. The fourth-order valence-electron chi connectivity index (χ4n) is 2.58. The van der Waals surface area contributed by atoms with Gasteiger partial charge in [-0.25, -0.2) is 8.78 Å². The number of carbonyl (C=O) groups is 1. The first-order chi connectivity index (χ1) is 9.54. The molecule has 0 radical (unpaired) electrons. The molecule has 2 rings (SSSR count). The van der Waals surface area contributed by atoms with Crippen LogP contribution in [0.5, 0.6) is 5.75 Å². The molecule has 0 aromatic heterocycles. The van der Waals surface area contributed by atoms with Gasteiger partial charge in [0.05, 0.1) is 0 Å². The van der Waals surface area contributed by atoms with E-state index in [0.717, 1.165) is 25.0 Å². The highest BCUT2D eigenvalue weighted by Crippen LogP contribution is 2.26. The summed E-state index contributed by atoms with van der Waals surface area (Å²) in [5.74, 6) is -3.79. The van der Waals surface area contributed by atoms with Crippen molar-refractivity contribution >= 4 is 5.91 Å². The van der Waals surface area contributed by atoms with Gasteiger partial charge in [-0.05, 0) is 37.8 Å². The Morgan fingerprint density at radius 3 is 2.60 bits per heavy atom. The van der Waals surface area contributed by atoms with Crippen LogP contribution in [0, 0.1) is 11.6 Å². The molecule has 0 saturated carbocycles. The van der Waals surface area contributed by atoms with E-state index in [-0.39, 0.29) is 18.2 Å². The Morgan fingerprint density at radius 1 is 1.35 bits per heavy atom. The third kappa shape index (κ3) is 2.90. The molecule has 1 aromatic carbocycles. The summed E-state index contributed by atoms with van der Waals surface area (Å²) in [6.07, 6.45) is 2.93. The average molecular weight is 285 g/mol. The van der Waals surface area contributed by atoms with Gasteiger partial charge in [0.2, 0.25) is 0 Å². The Kier molecular flexibility index (Phi) is 4.54. The first-order valence-electron chi connectivity index (χ1n) is 6.64. The minimum Gasteiger partial charge on any atom is -0.503 e. The van der Waals surface area contributed by atoms with Crippen molar-refractivity contribution in [2.45, 2.75) is 31.7 Å². The highest BCUT2D eigenvalue weighted by atomic mass is 19.1. The zero-order valence-corrected chi connectivity index (χ0v) is 11.0. The molecular weight excluding hydrogens is 268 g/mol. The van der Waals surface area contributed by atoms with Gasteiger partial charge in [-0.1, -0.05) is 0 Å². The van der Waals surface area contributed by atoms with Crippen LogP contribution in [0.1, 0.15) is 36.0 Å². The predicted molar refractivity (Wildman–Crippen MR) is 68.4 cm³/mol.